The first-order valence-electron chi connectivity index (χ1n) is 8.97. The van der Waals surface area contributed by atoms with Crippen molar-refractivity contribution < 1.29 is 14.3 Å². The molecule has 26 heavy (non-hydrogen) atoms. The van der Waals surface area contributed by atoms with Crippen molar-refractivity contribution in [1.82, 2.24) is 10.3 Å². The molecular formula is C21H24N2O3. The smallest absolute Gasteiger partial charge is 0.310 e. The second kappa shape index (κ2) is 8.13. The van der Waals surface area contributed by atoms with Gasteiger partial charge in [-0.15, -0.1) is 0 Å². The summed E-state index contributed by atoms with van der Waals surface area (Å²) < 4.78 is 5.08. The quantitative estimate of drug-likeness (QED) is 0.778. The summed E-state index contributed by atoms with van der Waals surface area (Å²) in [5.41, 5.74) is 2.95. The summed E-state index contributed by atoms with van der Waals surface area (Å²) >= 11 is 0. The number of aryl methyl sites for hydroxylation is 1. The molecule has 1 saturated carbocycles. The fraction of sp³-hybridized carbons (Fsp3) is 0.381. The number of pyridine rings is 1. The summed E-state index contributed by atoms with van der Waals surface area (Å²) in [6.07, 6.45) is 5.07. The lowest BCUT2D eigenvalue weighted by Crippen LogP contribution is -2.46. The Kier molecular flexibility index (Phi) is 5.66. The first kappa shape index (κ1) is 18.1. The van der Waals surface area contributed by atoms with Gasteiger partial charge in [0.05, 0.1) is 6.42 Å². The molecule has 3 rings (SSSR count). The van der Waals surface area contributed by atoms with Gasteiger partial charge in [0, 0.05) is 23.9 Å². The number of nitrogens with zero attached hydrogens (tertiary/aromatic N) is 1. The zero-order valence-corrected chi connectivity index (χ0v) is 15.0. The Morgan fingerprint density at radius 2 is 1.92 bits per heavy atom. The predicted octanol–water partition coefficient (Wildman–Crippen LogP) is 2.71. The third-order valence-corrected chi connectivity index (χ3v) is 5.01. The van der Waals surface area contributed by atoms with Gasteiger partial charge < -0.3 is 10.1 Å². The van der Waals surface area contributed by atoms with Crippen LogP contribution in [0.2, 0.25) is 0 Å². The van der Waals surface area contributed by atoms with Gasteiger partial charge in [-0.1, -0.05) is 42.8 Å². The largest absolute Gasteiger partial charge is 0.455 e. The van der Waals surface area contributed by atoms with Gasteiger partial charge in [-0.2, -0.15) is 0 Å². The zero-order valence-electron chi connectivity index (χ0n) is 15.0. The minimum atomic E-state index is -0.424. The minimum Gasteiger partial charge on any atom is -0.455 e. The Morgan fingerprint density at radius 3 is 2.54 bits per heavy atom. The van der Waals surface area contributed by atoms with E-state index in [9.17, 15) is 9.59 Å². The molecule has 5 heteroatoms. The monoisotopic (exact) mass is 352 g/mol. The van der Waals surface area contributed by atoms with Crippen molar-refractivity contribution in [2.45, 2.75) is 38.0 Å². The normalized spacial score (nSPS) is 15.0. The van der Waals surface area contributed by atoms with Crippen LogP contribution in [0, 0.1) is 6.92 Å². The van der Waals surface area contributed by atoms with E-state index in [0.29, 0.717) is 6.54 Å². The van der Waals surface area contributed by atoms with E-state index in [4.69, 9.17) is 4.74 Å². The Hall–Kier alpha value is -2.69. The van der Waals surface area contributed by atoms with Crippen molar-refractivity contribution in [1.29, 1.82) is 0 Å². The maximum Gasteiger partial charge on any atom is 0.310 e. The molecule has 1 aliphatic carbocycles. The number of nitrogens with one attached hydrogen (secondary N) is 1. The summed E-state index contributed by atoms with van der Waals surface area (Å²) in [6.45, 7) is 2.22. The van der Waals surface area contributed by atoms with E-state index in [-0.39, 0.29) is 24.3 Å². The fourth-order valence-corrected chi connectivity index (χ4v) is 3.25. The minimum absolute atomic E-state index is 0.0223. The van der Waals surface area contributed by atoms with E-state index >= 15 is 0 Å². The molecule has 1 N–H and O–H groups in total. The van der Waals surface area contributed by atoms with Gasteiger partial charge in [-0.3, -0.25) is 14.6 Å². The molecular weight excluding hydrogens is 328 g/mol. The van der Waals surface area contributed by atoms with Crippen LogP contribution in [0.15, 0.2) is 48.7 Å². The van der Waals surface area contributed by atoms with Crippen LogP contribution in [0.1, 0.15) is 36.1 Å². The van der Waals surface area contributed by atoms with Crippen molar-refractivity contribution in [3.8, 4) is 0 Å². The topological polar surface area (TPSA) is 68.3 Å². The summed E-state index contributed by atoms with van der Waals surface area (Å²) in [6, 6.07) is 14.0. The van der Waals surface area contributed by atoms with Crippen molar-refractivity contribution in [2.75, 3.05) is 13.2 Å². The van der Waals surface area contributed by atoms with Crippen molar-refractivity contribution in [3.05, 3.63) is 65.5 Å². The van der Waals surface area contributed by atoms with Crippen molar-refractivity contribution in [2.24, 2.45) is 0 Å². The summed E-state index contributed by atoms with van der Waals surface area (Å²) in [5, 5.41) is 2.92. The molecule has 0 atom stereocenters. The highest BCUT2D eigenvalue weighted by Crippen LogP contribution is 2.43. The van der Waals surface area contributed by atoms with Gasteiger partial charge >= 0.3 is 5.97 Å². The number of ether oxygens (including phenoxy) is 1. The Morgan fingerprint density at radius 1 is 1.15 bits per heavy atom. The highest BCUT2D eigenvalue weighted by Gasteiger charge is 2.38. The number of hydrogen-bond donors (Lipinski definition) is 1. The third-order valence-electron chi connectivity index (χ3n) is 5.01. The van der Waals surface area contributed by atoms with Crippen molar-refractivity contribution in [3.63, 3.8) is 0 Å². The average molecular weight is 352 g/mol. The van der Waals surface area contributed by atoms with E-state index in [0.717, 1.165) is 24.1 Å². The van der Waals surface area contributed by atoms with Crippen LogP contribution in [0.4, 0.5) is 0 Å². The van der Waals surface area contributed by atoms with Crippen LogP contribution in [-0.4, -0.2) is 30.0 Å². The van der Waals surface area contributed by atoms with E-state index < -0.39 is 5.97 Å². The fourth-order valence-electron chi connectivity index (χ4n) is 3.25. The number of benzene rings is 1. The van der Waals surface area contributed by atoms with Gasteiger partial charge in [0.15, 0.2) is 6.61 Å². The third kappa shape index (κ3) is 4.48. The molecule has 0 spiro atoms. The van der Waals surface area contributed by atoms with Gasteiger partial charge in [0.2, 0.25) is 0 Å². The van der Waals surface area contributed by atoms with Crippen LogP contribution < -0.4 is 5.32 Å². The van der Waals surface area contributed by atoms with Gasteiger partial charge in [0.1, 0.15) is 0 Å². The van der Waals surface area contributed by atoms with Crippen LogP contribution in [0.3, 0.4) is 0 Å². The van der Waals surface area contributed by atoms with E-state index in [1.807, 2.05) is 37.3 Å². The number of esters is 1. The Balaban J connectivity index is 1.44. The molecule has 1 heterocycles. The highest BCUT2D eigenvalue weighted by molar-refractivity contribution is 5.81. The first-order valence-corrected chi connectivity index (χ1v) is 8.97. The van der Waals surface area contributed by atoms with Crippen LogP contribution in [-0.2, 0) is 26.2 Å². The summed E-state index contributed by atoms with van der Waals surface area (Å²) in [4.78, 5) is 28.1. The molecule has 2 aromatic rings. The van der Waals surface area contributed by atoms with Gasteiger partial charge in [-0.25, -0.2) is 0 Å². The van der Waals surface area contributed by atoms with Crippen LogP contribution >= 0.6 is 0 Å². The van der Waals surface area contributed by atoms with Crippen molar-refractivity contribution >= 4 is 11.9 Å². The summed E-state index contributed by atoms with van der Waals surface area (Å²) in [5.74, 6) is -0.685. The average Bonchev–Trinajstić information content (AvgIpc) is 2.62. The molecule has 0 saturated heterocycles. The van der Waals surface area contributed by atoms with Gasteiger partial charge in [0.25, 0.3) is 5.91 Å². The molecule has 1 aliphatic rings. The van der Waals surface area contributed by atoms with Gasteiger partial charge in [-0.05, 0) is 37.0 Å². The van der Waals surface area contributed by atoms with Crippen LogP contribution in [0.25, 0.3) is 0 Å². The Labute approximate surface area is 153 Å². The molecule has 0 bridgehead atoms. The second-order valence-electron chi connectivity index (χ2n) is 6.92. The number of hydrogen-bond acceptors (Lipinski definition) is 4. The van der Waals surface area contributed by atoms with E-state index in [2.05, 4.69) is 22.4 Å². The lowest BCUT2D eigenvalue weighted by molar-refractivity contribution is -0.148. The number of amides is 1. The van der Waals surface area contributed by atoms with E-state index in [1.54, 1.807) is 6.20 Å². The molecule has 1 amide bonds. The molecule has 0 aliphatic heterocycles. The number of carbonyl (C=O) groups is 2. The Bertz CT molecular complexity index is 753. The number of aromatic nitrogens is 1. The number of rotatable bonds is 7. The molecule has 136 valence electrons. The maximum absolute atomic E-state index is 12.1. The lowest BCUT2D eigenvalue weighted by atomic mass is 9.64. The maximum atomic E-state index is 12.1. The second-order valence-corrected chi connectivity index (χ2v) is 6.92. The summed E-state index contributed by atoms with van der Waals surface area (Å²) in [7, 11) is 0. The molecule has 1 aromatic carbocycles. The molecule has 0 radical (unpaired) electrons. The highest BCUT2D eigenvalue weighted by atomic mass is 16.5. The van der Waals surface area contributed by atoms with E-state index in [1.165, 1.54) is 12.0 Å². The first-order chi connectivity index (χ1) is 12.6. The van der Waals surface area contributed by atoms with Crippen LogP contribution in [0.5, 0.6) is 0 Å². The standard InChI is InChI=1S/C21H24N2O3/c1-16-8-9-17(13-22-16)12-20(25)26-14-19(24)23-15-21(10-5-11-21)18-6-3-2-4-7-18/h2-4,6-9,13H,5,10-12,14-15H2,1H3,(H,23,24). The lowest BCUT2D eigenvalue weighted by Gasteiger charge is -2.42. The number of carbonyl (C=O) groups excluding carboxylic acids is 2. The molecule has 0 unspecified atom stereocenters. The molecule has 1 fully saturated rings. The molecule has 1 aromatic heterocycles. The predicted molar refractivity (Wildman–Crippen MR) is 98.6 cm³/mol. The SMILES string of the molecule is Cc1ccc(CC(=O)OCC(=O)NCC2(c3ccccc3)CCC2)cn1. The molecule has 5 nitrogen and oxygen atoms in total. The zero-order chi connectivity index (χ0) is 18.4.